The summed E-state index contributed by atoms with van der Waals surface area (Å²) in [6.45, 7) is 6.78. The van der Waals surface area contributed by atoms with E-state index in [1.807, 2.05) is 0 Å². The average molecular weight is 306 g/mol. The quantitative estimate of drug-likeness (QED) is 0.893. The summed E-state index contributed by atoms with van der Waals surface area (Å²) in [5.41, 5.74) is 2.22. The van der Waals surface area contributed by atoms with Crippen LogP contribution in [0.5, 0.6) is 11.5 Å². The Labute approximate surface area is 124 Å². The van der Waals surface area contributed by atoms with Gasteiger partial charge in [-0.3, -0.25) is 0 Å². The van der Waals surface area contributed by atoms with Crippen LogP contribution in [0.25, 0.3) is 0 Å². The van der Waals surface area contributed by atoms with Crippen LogP contribution in [0.2, 0.25) is 0 Å². The van der Waals surface area contributed by atoms with Gasteiger partial charge < -0.3 is 10.2 Å². The molecule has 0 heterocycles. The molecule has 0 saturated carbocycles. The summed E-state index contributed by atoms with van der Waals surface area (Å²) in [6, 6.07) is 5.44. The molecule has 0 spiro atoms. The van der Waals surface area contributed by atoms with Crippen molar-refractivity contribution in [2.24, 2.45) is 0 Å². The minimum atomic E-state index is -3.70. The van der Waals surface area contributed by atoms with Crippen molar-refractivity contribution in [2.75, 3.05) is 0 Å². The number of hydrogen-bond donors (Lipinski definition) is 2. The Morgan fingerprint density at radius 1 is 0.762 bits per heavy atom. The molecule has 0 aliphatic carbocycles. The van der Waals surface area contributed by atoms with E-state index in [1.165, 1.54) is 24.3 Å². The highest BCUT2D eigenvalue weighted by molar-refractivity contribution is 7.91. The predicted octanol–water partition coefficient (Wildman–Crippen LogP) is 3.16. The molecule has 112 valence electrons. The molecule has 0 radical (unpaired) electrons. The maximum atomic E-state index is 12.8. The first-order valence-electron chi connectivity index (χ1n) is 6.51. The zero-order valence-corrected chi connectivity index (χ0v) is 13.2. The molecule has 2 aromatic rings. The zero-order chi connectivity index (χ0) is 15.9. The molecule has 2 aromatic carbocycles. The first-order chi connectivity index (χ1) is 9.67. The van der Waals surface area contributed by atoms with Gasteiger partial charge in [-0.05, 0) is 74.2 Å². The van der Waals surface area contributed by atoms with Gasteiger partial charge in [0.25, 0.3) is 0 Å². The molecule has 0 aliphatic rings. The largest absolute Gasteiger partial charge is 0.508 e. The van der Waals surface area contributed by atoms with Gasteiger partial charge in [-0.25, -0.2) is 8.42 Å². The molecule has 4 nitrogen and oxygen atoms in total. The van der Waals surface area contributed by atoms with E-state index in [1.54, 1.807) is 27.7 Å². The van der Waals surface area contributed by atoms with Crippen LogP contribution in [0.15, 0.2) is 34.1 Å². The normalized spacial score (nSPS) is 11.6. The zero-order valence-electron chi connectivity index (χ0n) is 12.4. The second kappa shape index (κ2) is 5.07. The lowest BCUT2D eigenvalue weighted by Gasteiger charge is -2.17. The molecule has 0 unspecified atom stereocenters. The van der Waals surface area contributed by atoms with Crippen molar-refractivity contribution < 1.29 is 18.6 Å². The Bertz CT molecular complexity index is 774. The third-order valence-electron chi connectivity index (χ3n) is 3.93. The predicted molar refractivity (Wildman–Crippen MR) is 80.6 cm³/mol. The summed E-state index contributed by atoms with van der Waals surface area (Å²) in [5.74, 6) is 0.148. The Morgan fingerprint density at radius 3 is 1.62 bits per heavy atom. The standard InChI is InChI=1S/C16H18O4S/c1-9-11(3)16(12(4)10(2)15(9)18)21(19,20)14-7-5-13(17)6-8-14/h5-8,17-18H,1-4H3. The lowest BCUT2D eigenvalue weighted by atomic mass is 10.00. The van der Waals surface area contributed by atoms with Crippen molar-refractivity contribution in [3.63, 3.8) is 0 Å². The lowest BCUT2D eigenvalue weighted by Crippen LogP contribution is -2.09. The van der Waals surface area contributed by atoms with Crippen molar-refractivity contribution in [3.8, 4) is 11.5 Å². The van der Waals surface area contributed by atoms with E-state index in [9.17, 15) is 18.6 Å². The van der Waals surface area contributed by atoms with Crippen LogP contribution in [0.1, 0.15) is 22.3 Å². The van der Waals surface area contributed by atoms with Gasteiger partial charge in [0.15, 0.2) is 0 Å². The van der Waals surface area contributed by atoms with E-state index in [2.05, 4.69) is 0 Å². The molecule has 0 aliphatic heterocycles. The number of benzene rings is 2. The Kier molecular flexibility index (Phi) is 3.72. The average Bonchev–Trinajstić information content (AvgIpc) is 2.43. The van der Waals surface area contributed by atoms with Crippen LogP contribution in [-0.2, 0) is 9.84 Å². The van der Waals surface area contributed by atoms with Crippen LogP contribution in [0.4, 0.5) is 0 Å². The van der Waals surface area contributed by atoms with Gasteiger partial charge in [0.1, 0.15) is 11.5 Å². The third kappa shape index (κ3) is 2.38. The van der Waals surface area contributed by atoms with E-state index in [-0.39, 0.29) is 21.3 Å². The minimum absolute atomic E-state index is 0.0143. The molecule has 2 N–H and O–H groups in total. The Morgan fingerprint density at radius 2 is 1.19 bits per heavy atom. The molecule has 0 saturated heterocycles. The van der Waals surface area contributed by atoms with Crippen molar-refractivity contribution in [1.29, 1.82) is 0 Å². The molecular weight excluding hydrogens is 288 g/mol. The van der Waals surface area contributed by atoms with Gasteiger partial charge in [-0.1, -0.05) is 0 Å². The van der Waals surface area contributed by atoms with E-state index < -0.39 is 9.84 Å². The summed E-state index contributed by atoms with van der Waals surface area (Å²) in [4.78, 5) is 0.344. The van der Waals surface area contributed by atoms with E-state index in [4.69, 9.17) is 0 Å². The first kappa shape index (κ1) is 15.4. The van der Waals surface area contributed by atoms with Crippen molar-refractivity contribution >= 4 is 9.84 Å². The van der Waals surface area contributed by atoms with Crippen LogP contribution < -0.4 is 0 Å². The van der Waals surface area contributed by atoms with E-state index in [0.29, 0.717) is 22.3 Å². The van der Waals surface area contributed by atoms with Gasteiger partial charge in [0, 0.05) is 0 Å². The highest BCUT2D eigenvalue weighted by Crippen LogP contribution is 2.36. The second-order valence-corrected chi connectivity index (χ2v) is 7.06. The van der Waals surface area contributed by atoms with Gasteiger partial charge in [-0.2, -0.15) is 0 Å². The number of phenols is 2. The molecule has 0 atom stereocenters. The maximum absolute atomic E-state index is 12.8. The highest BCUT2D eigenvalue weighted by atomic mass is 32.2. The molecule has 2 rings (SSSR count). The molecule has 21 heavy (non-hydrogen) atoms. The smallest absolute Gasteiger partial charge is 0.207 e. The summed E-state index contributed by atoms with van der Waals surface area (Å²) < 4.78 is 25.7. The summed E-state index contributed by atoms with van der Waals surface area (Å²) in [6.07, 6.45) is 0. The third-order valence-corrected chi connectivity index (χ3v) is 5.97. The Hall–Kier alpha value is -2.01. The molecule has 0 aromatic heterocycles. The topological polar surface area (TPSA) is 74.6 Å². The second-order valence-electron chi connectivity index (χ2n) is 5.18. The van der Waals surface area contributed by atoms with Crippen molar-refractivity contribution in [3.05, 3.63) is 46.5 Å². The van der Waals surface area contributed by atoms with Crippen LogP contribution in [0, 0.1) is 27.7 Å². The van der Waals surface area contributed by atoms with Crippen molar-refractivity contribution in [2.45, 2.75) is 37.5 Å². The van der Waals surface area contributed by atoms with Gasteiger partial charge in [-0.15, -0.1) is 0 Å². The number of aromatic hydroxyl groups is 2. The maximum Gasteiger partial charge on any atom is 0.207 e. The summed E-state index contributed by atoms with van der Waals surface area (Å²) in [7, 11) is -3.70. The summed E-state index contributed by atoms with van der Waals surface area (Å²) >= 11 is 0. The minimum Gasteiger partial charge on any atom is -0.508 e. The van der Waals surface area contributed by atoms with Gasteiger partial charge >= 0.3 is 0 Å². The van der Waals surface area contributed by atoms with Crippen LogP contribution in [0.3, 0.4) is 0 Å². The fraction of sp³-hybridized carbons (Fsp3) is 0.250. The summed E-state index contributed by atoms with van der Waals surface area (Å²) in [5, 5.41) is 19.3. The van der Waals surface area contributed by atoms with Gasteiger partial charge in [0.2, 0.25) is 9.84 Å². The first-order valence-corrected chi connectivity index (χ1v) is 7.99. The van der Waals surface area contributed by atoms with E-state index >= 15 is 0 Å². The monoisotopic (exact) mass is 306 g/mol. The number of phenolic OH excluding ortho intramolecular Hbond substituents is 2. The van der Waals surface area contributed by atoms with Crippen LogP contribution in [-0.4, -0.2) is 18.6 Å². The number of hydrogen-bond acceptors (Lipinski definition) is 4. The fourth-order valence-corrected chi connectivity index (χ4v) is 4.25. The molecule has 0 amide bonds. The van der Waals surface area contributed by atoms with Crippen LogP contribution >= 0.6 is 0 Å². The molecular formula is C16H18O4S. The highest BCUT2D eigenvalue weighted by Gasteiger charge is 2.26. The Balaban J connectivity index is 2.80. The lowest BCUT2D eigenvalue weighted by molar-refractivity contribution is 0.464. The number of sulfone groups is 1. The molecule has 5 heteroatoms. The molecule has 0 bridgehead atoms. The van der Waals surface area contributed by atoms with E-state index in [0.717, 1.165) is 0 Å². The fourth-order valence-electron chi connectivity index (χ4n) is 2.40. The molecule has 0 fully saturated rings. The number of rotatable bonds is 2. The van der Waals surface area contributed by atoms with Crippen molar-refractivity contribution in [1.82, 2.24) is 0 Å². The van der Waals surface area contributed by atoms with Gasteiger partial charge in [0.05, 0.1) is 9.79 Å². The SMILES string of the molecule is Cc1c(C)c(S(=O)(=O)c2ccc(O)cc2)c(C)c(C)c1O.